The molecule has 0 atom stereocenters. The number of hydrogen-bond donors (Lipinski definition) is 1. The van der Waals surface area contributed by atoms with Gasteiger partial charge in [-0.1, -0.05) is 51.1 Å². The van der Waals surface area contributed by atoms with Crippen molar-refractivity contribution in [2.45, 2.75) is 26.2 Å². The van der Waals surface area contributed by atoms with Crippen LogP contribution in [0.1, 0.15) is 26.6 Å². The van der Waals surface area contributed by atoms with Crippen LogP contribution < -0.4 is 5.56 Å². The average Bonchev–Trinajstić information content (AvgIpc) is 2.29. The first-order chi connectivity index (χ1) is 7.98. The molecule has 0 unspecified atom stereocenters. The molecule has 1 heterocycles. The van der Waals surface area contributed by atoms with E-state index in [9.17, 15) is 4.79 Å². The molecule has 0 aliphatic heterocycles. The summed E-state index contributed by atoms with van der Waals surface area (Å²) < 4.78 is 0. The molecule has 2 rings (SSSR count). The molecule has 0 bridgehead atoms. The van der Waals surface area contributed by atoms with Crippen LogP contribution in [0.25, 0.3) is 11.1 Å². The second-order valence-electron chi connectivity index (χ2n) is 5.09. The number of benzene rings is 1. The number of nitrogens with one attached hydrogen (secondary N) is 1. The number of nitrogens with zero attached hydrogens (tertiary/aromatic N) is 1. The smallest absolute Gasteiger partial charge is 0.258 e. The summed E-state index contributed by atoms with van der Waals surface area (Å²) in [6.07, 6.45) is 1.65. The van der Waals surface area contributed by atoms with E-state index in [1.54, 1.807) is 6.20 Å². The molecule has 1 aromatic heterocycles. The molecule has 0 saturated heterocycles. The first kappa shape index (κ1) is 11.6. The van der Waals surface area contributed by atoms with Gasteiger partial charge >= 0.3 is 0 Å². The largest absolute Gasteiger partial charge is 0.310 e. The molecular weight excluding hydrogens is 212 g/mol. The van der Waals surface area contributed by atoms with Crippen molar-refractivity contribution >= 4 is 0 Å². The Morgan fingerprint density at radius 1 is 1.12 bits per heavy atom. The van der Waals surface area contributed by atoms with Gasteiger partial charge in [-0.15, -0.1) is 0 Å². The van der Waals surface area contributed by atoms with Crippen molar-refractivity contribution in [1.29, 1.82) is 0 Å². The monoisotopic (exact) mass is 228 g/mol. The maximum Gasteiger partial charge on any atom is 0.258 e. The highest BCUT2D eigenvalue weighted by atomic mass is 16.1. The van der Waals surface area contributed by atoms with Crippen LogP contribution in [-0.4, -0.2) is 9.97 Å². The van der Waals surface area contributed by atoms with Gasteiger partial charge in [0.1, 0.15) is 5.82 Å². The molecule has 3 nitrogen and oxygen atoms in total. The number of rotatable bonds is 1. The third-order valence-electron chi connectivity index (χ3n) is 2.59. The quantitative estimate of drug-likeness (QED) is 0.815. The van der Waals surface area contributed by atoms with Crippen molar-refractivity contribution in [3.05, 3.63) is 52.7 Å². The van der Waals surface area contributed by atoms with Crippen molar-refractivity contribution in [2.24, 2.45) is 0 Å². The lowest BCUT2D eigenvalue weighted by Gasteiger charge is -2.16. The highest BCUT2D eigenvalue weighted by molar-refractivity contribution is 5.60. The Balaban J connectivity index is 2.51. The zero-order valence-corrected chi connectivity index (χ0v) is 10.3. The van der Waals surface area contributed by atoms with Crippen LogP contribution in [0.2, 0.25) is 0 Å². The standard InChI is InChI=1S/C14H16N2O/c1-14(2,3)13-15-9-11(12(17)16-13)10-7-5-4-6-8-10/h4-9H,1-3H3,(H,15,16,17). The summed E-state index contributed by atoms with van der Waals surface area (Å²) in [5.41, 5.74) is 1.27. The van der Waals surface area contributed by atoms with Gasteiger partial charge in [0.2, 0.25) is 0 Å². The van der Waals surface area contributed by atoms with Gasteiger partial charge in [0, 0.05) is 11.6 Å². The van der Waals surface area contributed by atoms with Gasteiger partial charge in [-0.05, 0) is 5.56 Å². The molecule has 0 amide bonds. The SMILES string of the molecule is CC(C)(C)c1ncc(-c2ccccc2)c(=O)[nH]1. The minimum absolute atomic E-state index is 0.0869. The fraction of sp³-hybridized carbons (Fsp3) is 0.286. The summed E-state index contributed by atoms with van der Waals surface area (Å²) in [4.78, 5) is 19.2. The van der Waals surface area contributed by atoms with Crippen molar-refractivity contribution in [3.8, 4) is 11.1 Å². The molecule has 1 aromatic carbocycles. The van der Waals surface area contributed by atoms with Crippen molar-refractivity contribution in [3.63, 3.8) is 0 Å². The van der Waals surface area contributed by atoms with Crippen molar-refractivity contribution < 1.29 is 0 Å². The molecule has 0 fully saturated rings. The predicted molar refractivity (Wildman–Crippen MR) is 69.0 cm³/mol. The molecular formula is C14H16N2O. The molecule has 0 radical (unpaired) electrons. The summed E-state index contributed by atoms with van der Waals surface area (Å²) in [5.74, 6) is 0.710. The van der Waals surface area contributed by atoms with E-state index in [0.717, 1.165) is 5.56 Å². The summed E-state index contributed by atoms with van der Waals surface area (Å²) in [6, 6.07) is 9.56. The van der Waals surface area contributed by atoms with Crippen LogP contribution in [0, 0.1) is 0 Å². The second-order valence-corrected chi connectivity index (χ2v) is 5.09. The van der Waals surface area contributed by atoms with E-state index in [4.69, 9.17) is 0 Å². The van der Waals surface area contributed by atoms with Gasteiger partial charge in [0.25, 0.3) is 5.56 Å². The topological polar surface area (TPSA) is 45.8 Å². The summed E-state index contributed by atoms with van der Waals surface area (Å²) >= 11 is 0. The van der Waals surface area contributed by atoms with Crippen LogP contribution in [0.15, 0.2) is 41.3 Å². The van der Waals surface area contributed by atoms with Crippen molar-refractivity contribution in [1.82, 2.24) is 9.97 Å². The Labute approximate surface area is 101 Å². The predicted octanol–water partition coefficient (Wildman–Crippen LogP) is 2.73. The first-order valence-corrected chi connectivity index (χ1v) is 5.64. The van der Waals surface area contributed by atoms with Crippen LogP contribution in [0.3, 0.4) is 0 Å². The van der Waals surface area contributed by atoms with E-state index >= 15 is 0 Å². The molecule has 0 aliphatic carbocycles. The van der Waals surface area contributed by atoms with E-state index < -0.39 is 0 Å². The third-order valence-corrected chi connectivity index (χ3v) is 2.59. The Hall–Kier alpha value is -1.90. The molecule has 0 spiro atoms. The number of aromatic amines is 1. The lowest BCUT2D eigenvalue weighted by Crippen LogP contribution is -2.22. The minimum atomic E-state index is -0.144. The maximum absolute atomic E-state index is 12.0. The van der Waals surface area contributed by atoms with Crippen LogP contribution >= 0.6 is 0 Å². The molecule has 88 valence electrons. The Bertz CT molecular complexity index is 565. The number of aromatic nitrogens is 2. The number of H-pyrrole nitrogens is 1. The number of hydrogen-bond acceptors (Lipinski definition) is 2. The van der Waals surface area contributed by atoms with Crippen LogP contribution in [0.5, 0.6) is 0 Å². The maximum atomic E-state index is 12.0. The molecule has 0 aliphatic rings. The molecule has 17 heavy (non-hydrogen) atoms. The van der Waals surface area contributed by atoms with Gasteiger partial charge in [-0.3, -0.25) is 4.79 Å². The first-order valence-electron chi connectivity index (χ1n) is 5.64. The van der Waals surface area contributed by atoms with Gasteiger partial charge < -0.3 is 4.98 Å². The zero-order valence-electron chi connectivity index (χ0n) is 10.3. The zero-order chi connectivity index (χ0) is 12.5. The van der Waals surface area contributed by atoms with E-state index in [2.05, 4.69) is 9.97 Å². The summed E-state index contributed by atoms with van der Waals surface area (Å²) in [5, 5.41) is 0. The lowest BCUT2D eigenvalue weighted by molar-refractivity contribution is 0.543. The van der Waals surface area contributed by atoms with Gasteiger partial charge in [0.15, 0.2) is 0 Å². The van der Waals surface area contributed by atoms with E-state index in [1.165, 1.54) is 0 Å². The second kappa shape index (κ2) is 4.17. The highest BCUT2D eigenvalue weighted by Gasteiger charge is 2.17. The fourth-order valence-corrected chi connectivity index (χ4v) is 1.60. The average molecular weight is 228 g/mol. The van der Waals surface area contributed by atoms with E-state index in [0.29, 0.717) is 11.4 Å². The molecule has 1 N–H and O–H groups in total. The van der Waals surface area contributed by atoms with Crippen LogP contribution in [0.4, 0.5) is 0 Å². The van der Waals surface area contributed by atoms with Gasteiger partial charge in [0.05, 0.1) is 5.56 Å². The lowest BCUT2D eigenvalue weighted by atomic mass is 9.95. The molecule has 3 heteroatoms. The highest BCUT2D eigenvalue weighted by Crippen LogP contribution is 2.18. The summed E-state index contributed by atoms with van der Waals surface area (Å²) in [7, 11) is 0. The fourth-order valence-electron chi connectivity index (χ4n) is 1.60. The van der Waals surface area contributed by atoms with Gasteiger partial charge in [-0.25, -0.2) is 4.98 Å². The Morgan fingerprint density at radius 2 is 1.76 bits per heavy atom. The van der Waals surface area contributed by atoms with Crippen molar-refractivity contribution in [2.75, 3.05) is 0 Å². The normalized spacial score (nSPS) is 11.5. The Morgan fingerprint density at radius 3 is 2.29 bits per heavy atom. The Kier molecular flexibility index (Phi) is 2.84. The molecule has 0 saturated carbocycles. The summed E-state index contributed by atoms with van der Waals surface area (Å²) in [6.45, 7) is 6.06. The van der Waals surface area contributed by atoms with E-state index in [-0.39, 0.29) is 11.0 Å². The molecule has 2 aromatic rings. The third kappa shape index (κ3) is 2.44. The van der Waals surface area contributed by atoms with Crippen LogP contribution in [-0.2, 0) is 5.41 Å². The van der Waals surface area contributed by atoms with E-state index in [1.807, 2.05) is 51.1 Å². The minimum Gasteiger partial charge on any atom is -0.310 e. The van der Waals surface area contributed by atoms with Gasteiger partial charge in [-0.2, -0.15) is 0 Å².